The first-order valence-electron chi connectivity index (χ1n) is 5.51. The zero-order valence-electron chi connectivity index (χ0n) is 9.40. The minimum absolute atomic E-state index is 0.310. The Kier molecular flexibility index (Phi) is 3.66. The number of thiophene rings is 1. The first-order chi connectivity index (χ1) is 7.57. The Hall–Kier alpha value is -0.390. The van der Waals surface area contributed by atoms with Gasteiger partial charge in [0.05, 0.1) is 11.5 Å². The molecule has 1 N–H and O–H groups in total. The minimum atomic E-state index is -2.73. The average molecular weight is 259 g/mol. The molecule has 1 saturated heterocycles. The predicted molar refractivity (Wildman–Crippen MR) is 67.5 cm³/mol. The van der Waals surface area contributed by atoms with E-state index in [4.69, 9.17) is 0 Å². The van der Waals surface area contributed by atoms with Crippen LogP contribution in [0.15, 0.2) is 11.4 Å². The van der Waals surface area contributed by atoms with Gasteiger partial charge in [0.2, 0.25) is 0 Å². The van der Waals surface area contributed by atoms with Crippen LogP contribution in [0.5, 0.6) is 0 Å². The lowest BCUT2D eigenvalue weighted by Crippen LogP contribution is -2.23. The topological polar surface area (TPSA) is 46.2 Å². The molecule has 1 aromatic rings. The summed E-state index contributed by atoms with van der Waals surface area (Å²) in [5.74, 6) is 1.05. The number of rotatable bonds is 4. The summed E-state index contributed by atoms with van der Waals surface area (Å²) in [5.41, 5.74) is 1.32. The van der Waals surface area contributed by atoms with Crippen molar-refractivity contribution in [1.29, 1.82) is 0 Å². The van der Waals surface area contributed by atoms with Gasteiger partial charge in [-0.05, 0) is 42.8 Å². The van der Waals surface area contributed by atoms with Crippen LogP contribution in [0.2, 0.25) is 0 Å². The molecule has 1 unspecified atom stereocenters. The molecule has 1 aliphatic rings. The van der Waals surface area contributed by atoms with Crippen molar-refractivity contribution in [2.24, 2.45) is 5.92 Å². The van der Waals surface area contributed by atoms with Crippen LogP contribution in [0.1, 0.15) is 16.9 Å². The molecule has 1 fully saturated rings. The number of hydrogen-bond acceptors (Lipinski definition) is 4. The van der Waals surface area contributed by atoms with Gasteiger partial charge in [0.1, 0.15) is 0 Å². The molecule has 2 rings (SSSR count). The Morgan fingerprint density at radius 1 is 1.56 bits per heavy atom. The van der Waals surface area contributed by atoms with Crippen LogP contribution in [-0.4, -0.2) is 26.5 Å². The van der Waals surface area contributed by atoms with Crippen LogP contribution in [-0.2, 0) is 16.4 Å². The second kappa shape index (κ2) is 4.85. The van der Waals surface area contributed by atoms with Crippen LogP contribution in [0.25, 0.3) is 0 Å². The monoisotopic (exact) mass is 259 g/mol. The number of hydrogen-bond donors (Lipinski definition) is 1. The Morgan fingerprint density at radius 2 is 2.38 bits per heavy atom. The Bertz CT molecular complexity index is 450. The summed E-state index contributed by atoms with van der Waals surface area (Å²) < 4.78 is 22.5. The van der Waals surface area contributed by atoms with E-state index in [0.29, 0.717) is 17.4 Å². The standard InChI is InChI=1S/C11H17NO2S2/c1-9-2-4-15-11(9)7-12-6-10-3-5-16(13,14)8-10/h2,4,10,12H,3,5-8H2,1H3. The molecule has 2 heterocycles. The highest BCUT2D eigenvalue weighted by molar-refractivity contribution is 7.91. The van der Waals surface area contributed by atoms with Crippen molar-refractivity contribution in [3.8, 4) is 0 Å². The second-order valence-electron chi connectivity index (χ2n) is 4.43. The Balaban J connectivity index is 1.75. The molecule has 0 aromatic carbocycles. The Morgan fingerprint density at radius 3 is 2.94 bits per heavy atom. The van der Waals surface area contributed by atoms with Crippen LogP contribution < -0.4 is 5.32 Å². The van der Waals surface area contributed by atoms with Crippen molar-refractivity contribution < 1.29 is 8.42 Å². The largest absolute Gasteiger partial charge is 0.312 e. The highest BCUT2D eigenvalue weighted by Gasteiger charge is 2.27. The zero-order valence-corrected chi connectivity index (χ0v) is 11.0. The molecule has 1 atom stereocenters. The van der Waals surface area contributed by atoms with E-state index in [-0.39, 0.29) is 0 Å². The van der Waals surface area contributed by atoms with Gasteiger partial charge in [-0.2, -0.15) is 0 Å². The van der Waals surface area contributed by atoms with Crippen molar-refractivity contribution >= 4 is 21.2 Å². The van der Waals surface area contributed by atoms with Gasteiger partial charge in [0.15, 0.2) is 9.84 Å². The summed E-state index contributed by atoms with van der Waals surface area (Å²) in [6.45, 7) is 3.78. The van der Waals surface area contributed by atoms with Gasteiger partial charge in [0.25, 0.3) is 0 Å². The molecule has 5 heteroatoms. The summed E-state index contributed by atoms with van der Waals surface area (Å²) in [7, 11) is -2.73. The van der Waals surface area contributed by atoms with Gasteiger partial charge in [-0.15, -0.1) is 11.3 Å². The fraction of sp³-hybridized carbons (Fsp3) is 0.636. The van der Waals surface area contributed by atoms with Crippen LogP contribution in [0.4, 0.5) is 0 Å². The minimum Gasteiger partial charge on any atom is -0.312 e. The van der Waals surface area contributed by atoms with Gasteiger partial charge >= 0.3 is 0 Å². The second-order valence-corrected chi connectivity index (χ2v) is 7.66. The van der Waals surface area contributed by atoms with Crippen molar-refractivity contribution in [3.05, 3.63) is 21.9 Å². The number of sulfone groups is 1. The SMILES string of the molecule is Cc1ccsc1CNCC1CCS(=O)(=O)C1. The smallest absolute Gasteiger partial charge is 0.150 e. The van der Waals surface area contributed by atoms with E-state index in [0.717, 1.165) is 19.5 Å². The summed E-state index contributed by atoms with van der Waals surface area (Å²) >= 11 is 1.75. The Labute approximate surface area is 101 Å². The fourth-order valence-electron chi connectivity index (χ4n) is 2.01. The van der Waals surface area contributed by atoms with Crippen LogP contribution in [0.3, 0.4) is 0 Å². The first-order valence-corrected chi connectivity index (χ1v) is 8.21. The number of nitrogens with one attached hydrogen (secondary N) is 1. The van der Waals surface area contributed by atoms with E-state index in [2.05, 4.69) is 23.7 Å². The molecule has 0 radical (unpaired) electrons. The van der Waals surface area contributed by atoms with Crippen molar-refractivity contribution in [2.75, 3.05) is 18.1 Å². The molecule has 0 spiro atoms. The van der Waals surface area contributed by atoms with Gasteiger partial charge in [0, 0.05) is 11.4 Å². The van der Waals surface area contributed by atoms with Crippen molar-refractivity contribution in [1.82, 2.24) is 5.32 Å². The molecule has 3 nitrogen and oxygen atoms in total. The summed E-state index contributed by atoms with van der Waals surface area (Å²) in [5, 5.41) is 5.44. The molecule has 1 aromatic heterocycles. The molecular weight excluding hydrogens is 242 g/mol. The van der Waals surface area contributed by atoms with Gasteiger partial charge < -0.3 is 5.32 Å². The quantitative estimate of drug-likeness (QED) is 0.893. The highest BCUT2D eigenvalue weighted by Crippen LogP contribution is 2.18. The molecule has 1 aliphatic heterocycles. The summed E-state index contributed by atoms with van der Waals surface area (Å²) in [6.07, 6.45) is 0.818. The maximum absolute atomic E-state index is 11.3. The molecule has 0 bridgehead atoms. The van der Waals surface area contributed by atoms with Gasteiger partial charge in [-0.3, -0.25) is 0 Å². The maximum Gasteiger partial charge on any atom is 0.150 e. The molecular formula is C11H17NO2S2. The molecule has 0 amide bonds. The highest BCUT2D eigenvalue weighted by atomic mass is 32.2. The first kappa shape index (κ1) is 12.1. The van der Waals surface area contributed by atoms with E-state index in [1.807, 2.05) is 0 Å². The lowest BCUT2D eigenvalue weighted by Gasteiger charge is -2.08. The lowest BCUT2D eigenvalue weighted by molar-refractivity contribution is 0.522. The maximum atomic E-state index is 11.3. The molecule has 16 heavy (non-hydrogen) atoms. The fourth-order valence-corrected chi connectivity index (χ4v) is 4.75. The average Bonchev–Trinajstić information content (AvgIpc) is 2.74. The van der Waals surface area contributed by atoms with Crippen molar-refractivity contribution in [2.45, 2.75) is 19.9 Å². The predicted octanol–water partition coefficient (Wildman–Crippen LogP) is 1.58. The van der Waals surface area contributed by atoms with E-state index in [1.165, 1.54) is 10.4 Å². The van der Waals surface area contributed by atoms with Gasteiger partial charge in [-0.25, -0.2) is 8.42 Å². The molecule has 90 valence electrons. The summed E-state index contributed by atoms with van der Waals surface area (Å²) in [6, 6.07) is 2.11. The lowest BCUT2D eigenvalue weighted by atomic mass is 10.1. The van der Waals surface area contributed by atoms with E-state index in [1.54, 1.807) is 11.3 Å². The zero-order chi connectivity index (χ0) is 11.6. The third kappa shape index (κ3) is 3.06. The normalized spacial score (nSPS) is 23.7. The summed E-state index contributed by atoms with van der Waals surface area (Å²) in [4.78, 5) is 1.35. The van der Waals surface area contributed by atoms with Crippen LogP contribution in [0, 0.1) is 12.8 Å². The van der Waals surface area contributed by atoms with Crippen molar-refractivity contribution in [3.63, 3.8) is 0 Å². The van der Waals surface area contributed by atoms with E-state index < -0.39 is 9.84 Å². The van der Waals surface area contributed by atoms with Crippen LogP contribution >= 0.6 is 11.3 Å². The van der Waals surface area contributed by atoms with E-state index >= 15 is 0 Å². The molecule has 0 aliphatic carbocycles. The third-order valence-electron chi connectivity index (χ3n) is 3.01. The molecule has 0 saturated carbocycles. The third-order valence-corrected chi connectivity index (χ3v) is 5.87. The number of aryl methyl sites for hydroxylation is 1. The van der Waals surface area contributed by atoms with E-state index in [9.17, 15) is 8.42 Å². The van der Waals surface area contributed by atoms with Gasteiger partial charge in [-0.1, -0.05) is 0 Å².